The molecular formula is C19H30N4O2. The number of nitrogens with zero attached hydrogens (tertiary/aromatic N) is 2. The van der Waals surface area contributed by atoms with E-state index in [0.29, 0.717) is 32.0 Å². The smallest absolute Gasteiger partial charge is 0.224 e. The van der Waals surface area contributed by atoms with Gasteiger partial charge in [0.1, 0.15) is 0 Å². The van der Waals surface area contributed by atoms with E-state index in [4.69, 9.17) is 4.74 Å². The van der Waals surface area contributed by atoms with Gasteiger partial charge in [-0.1, -0.05) is 30.3 Å². The maximum Gasteiger partial charge on any atom is 0.224 e. The maximum atomic E-state index is 12.2. The van der Waals surface area contributed by atoms with Crippen molar-refractivity contribution in [3.63, 3.8) is 0 Å². The van der Waals surface area contributed by atoms with Crippen LogP contribution in [0, 0.1) is 0 Å². The van der Waals surface area contributed by atoms with Crippen LogP contribution in [-0.4, -0.2) is 56.2 Å². The summed E-state index contributed by atoms with van der Waals surface area (Å²) in [6.07, 6.45) is 2.59. The number of ether oxygens (including phenoxy) is 1. The molecule has 2 rings (SSSR count). The van der Waals surface area contributed by atoms with E-state index in [1.165, 1.54) is 0 Å². The predicted octanol–water partition coefficient (Wildman–Crippen LogP) is 1.77. The number of benzene rings is 1. The van der Waals surface area contributed by atoms with Gasteiger partial charge in [0.25, 0.3) is 0 Å². The van der Waals surface area contributed by atoms with Crippen molar-refractivity contribution in [3.8, 4) is 0 Å². The fourth-order valence-electron chi connectivity index (χ4n) is 2.89. The third-order valence-corrected chi connectivity index (χ3v) is 4.47. The molecule has 1 aromatic rings. The van der Waals surface area contributed by atoms with Gasteiger partial charge in [0.2, 0.25) is 5.91 Å². The van der Waals surface area contributed by atoms with Crippen LogP contribution in [0.15, 0.2) is 35.3 Å². The molecule has 0 bridgehead atoms. The van der Waals surface area contributed by atoms with E-state index in [9.17, 15) is 4.79 Å². The van der Waals surface area contributed by atoms with Crippen LogP contribution in [-0.2, 0) is 16.1 Å². The van der Waals surface area contributed by atoms with Crippen molar-refractivity contribution in [2.24, 2.45) is 4.99 Å². The molecule has 1 unspecified atom stereocenters. The molecule has 6 heteroatoms. The second-order valence-corrected chi connectivity index (χ2v) is 6.74. The maximum absolute atomic E-state index is 12.2. The van der Waals surface area contributed by atoms with Crippen LogP contribution in [0.3, 0.4) is 0 Å². The highest BCUT2D eigenvalue weighted by Gasteiger charge is 2.29. The molecule has 0 spiro atoms. The Hall–Kier alpha value is -2.08. The van der Waals surface area contributed by atoms with E-state index in [0.717, 1.165) is 25.0 Å². The van der Waals surface area contributed by atoms with Crippen LogP contribution in [0.1, 0.15) is 31.7 Å². The third-order valence-electron chi connectivity index (χ3n) is 4.47. The molecule has 1 saturated heterocycles. The number of aliphatic imine (C=N–C) groups is 1. The topological polar surface area (TPSA) is 66.0 Å². The molecule has 1 aliphatic heterocycles. The minimum absolute atomic E-state index is 0.109. The number of guanidine groups is 1. The molecular weight excluding hydrogens is 316 g/mol. The number of carbonyl (C=O) groups excluding carboxylic acids is 1. The summed E-state index contributed by atoms with van der Waals surface area (Å²) in [6.45, 7) is 4.83. The van der Waals surface area contributed by atoms with Gasteiger partial charge in [-0.15, -0.1) is 0 Å². The molecule has 1 amide bonds. The first-order valence-corrected chi connectivity index (χ1v) is 8.89. The van der Waals surface area contributed by atoms with Gasteiger partial charge in [-0.05, 0) is 25.3 Å². The van der Waals surface area contributed by atoms with Crippen molar-refractivity contribution in [1.29, 1.82) is 0 Å². The lowest BCUT2D eigenvalue weighted by atomic mass is 10.0. The average Bonchev–Trinajstić information content (AvgIpc) is 3.05. The normalized spacial score (nSPS) is 20.4. The average molecular weight is 346 g/mol. The molecule has 138 valence electrons. The molecule has 1 atom stereocenters. The molecule has 1 heterocycles. The molecule has 0 aromatic heterocycles. The fraction of sp³-hybridized carbons (Fsp3) is 0.579. The Labute approximate surface area is 150 Å². The van der Waals surface area contributed by atoms with Gasteiger partial charge in [0, 0.05) is 46.8 Å². The highest BCUT2D eigenvalue weighted by Crippen LogP contribution is 2.23. The van der Waals surface area contributed by atoms with E-state index in [1.54, 1.807) is 11.9 Å². The zero-order chi connectivity index (χ0) is 18.1. The lowest BCUT2D eigenvalue weighted by molar-refractivity contribution is -0.130. The monoisotopic (exact) mass is 346 g/mol. The van der Waals surface area contributed by atoms with Gasteiger partial charge >= 0.3 is 0 Å². The Balaban J connectivity index is 1.68. The number of hydrogen-bond acceptors (Lipinski definition) is 3. The minimum Gasteiger partial charge on any atom is -0.373 e. The summed E-state index contributed by atoms with van der Waals surface area (Å²) in [7, 11) is 3.57. The number of rotatable bonds is 7. The minimum atomic E-state index is -0.122. The van der Waals surface area contributed by atoms with Crippen molar-refractivity contribution in [2.45, 2.75) is 38.3 Å². The number of amides is 1. The van der Waals surface area contributed by atoms with Crippen molar-refractivity contribution < 1.29 is 9.53 Å². The quantitative estimate of drug-likeness (QED) is 0.583. The SMILES string of the molecule is CN=C(NCCC(=O)N(C)Cc1ccccc1)NCC1(C)CCCO1. The molecule has 0 aliphatic carbocycles. The van der Waals surface area contributed by atoms with Crippen LogP contribution in [0.5, 0.6) is 0 Å². The van der Waals surface area contributed by atoms with E-state index in [2.05, 4.69) is 22.5 Å². The summed E-state index contributed by atoms with van der Waals surface area (Å²) in [5.74, 6) is 0.813. The molecule has 25 heavy (non-hydrogen) atoms. The van der Waals surface area contributed by atoms with Gasteiger partial charge in [0.05, 0.1) is 5.60 Å². The van der Waals surface area contributed by atoms with Gasteiger partial charge in [0.15, 0.2) is 5.96 Å². The van der Waals surface area contributed by atoms with Crippen LogP contribution in [0.4, 0.5) is 0 Å². The Kier molecular flexibility index (Phi) is 7.25. The van der Waals surface area contributed by atoms with Gasteiger partial charge in [-0.2, -0.15) is 0 Å². The van der Waals surface area contributed by atoms with E-state index in [1.807, 2.05) is 37.4 Å². The third kappa shape index (κ3) is 6.38. The highest BCUT2D eigenvalue weighted by atomic mass is 16.5. The standard InChI is InChI=1S/C19H30N4O2/c1-19(11-7-13-25-19)15-22-18(20-2)21-12-10-17(24)23(3)14-16-8-5-4-6-9-16/h4-6,8-9H,7,10-15H2,1-3H3,(H2,20,21,22). The van der Waals surface area contributed by atoms with Crippen molar-refractivity contribution in [3.05, 3.63) is 35.9 Å². The number of hydrogen-bond donors (Lipinski definition) is 2. The van der Waals surface area contributed by atoms with Crippen LogP contribution in [0.25, 0.3) is 0 Å². The summed E-state index contributed by atoms with van der Waals surface area (Å²) in [4.78, 5) is 18.2. The molecule has 1 aromatic carbocycles. The second-order valence-electron chi connectivity index (χ2n) is 6.74. The zero-order valence-electron chi connectivity index (χ0n) is 15.5. The predicted molar refractivity (Wildman–Crippen MR) is 100 cm³/mol. The molecule has 0 radical (unpaired) electrons. The van der Waals surface area contributed by atoms with Gasteiger partial charge < -0.3 is 20.3 Å². The number of carbonyl (C=O) groups is 1. The molecule has 1 aliphatic rings. The summed E-state index contributed by atoms with van der Waals surface area (Å²) in [5, 5.41) is 6.48. The first-order chi connectivity index (χ1) is 12.0. The Bertz CT molecular complexity index is 568. The molecule has 6 nitrogen and oxygen atoms in total. The van der Waals surface area contributed by atoms with Crippen LogP contribution >= 0.6 is 0 Å². The van der Waals surface area contributed by atoms with Gasteiger partial charge in [-0.3, -0.25) is 9.79 Å². The molecule has 2 N–H and O–H groups in total. The fourth-order valence-corrected chi connectivity index (χ4v) is 2.89. The lowest BCUT2D eigenvalue weighted by Gasteiger charge is -2.24. The highest BCUT2D eigenvalue weighted by molar-refractivity contribution is 5.81. The first kappa shape index (κ1) is 19.2. The van der Waals surface area contributed by atoms with Crippen molar-refractivity contribution >= 4 is 11.9 Å². The second kappa shape index (κ2) is 9.42. The first-order valence-electron chi connectivity index (χ1n) is 8.89. The summed E-state index contributed by atoms with van der Waals surface area (Å²) in [6, 6.07) is 10.0. The van der Waals surface area contributed by atoms with E-state index < -0.39 is 0 Å². The summed E-state index contributed by atoms with van der Waals surface area (Å²) >= 11 is 0. The van der Waals surface area contributed by atoms with Crippen molar-refractivity contribution in [1.82, 2.24) is 15.5 Å². The van der Waals surface area contributed by atoms with E-state index >= 15 is 0 Å². The van der Waals surface area contributed by atoms with Crippen LogP contribution in [0.2, 0.25) is 0 Å². The lowest BCUT2D eigenvalue weighted by Crippen LogP contribution is -2.46. The molecule has 1 fully saturated rings. The number of nitrogens with one attached hydrogen (secondary N) is 2. The largest absolute Gasteiger partial charge is 0.373 e. The Morgan fingerprint density at radius 1 is 1.32 bits per heavy atom. The zero-order valence-corrected chi connectivity index (χ0v) is 15.5. The summed E-state index contributed by atoms with van der Waals surface area (Å²) < 4.78 is 5.76. The summed E-state index contributed by atoms with van der Waals surface area (Å²) in [5.41, 5.74) is 1.01. The van der Waals surface area contributed by atoms with E-state index in [-0.39, 0.29) is 11.5 Å². The Morgan fingerprint density at radius 2 is 2.08 bits per heavy atom. The van der Waals surface area contributed by atoms with Crippen LogP contribution < -0.4 is 10.6 Å². The van der Waals surface area contributed by atoms with Gasteiger partial charge in [-0.25, -0.2) is 0 Å². The van der Waals surface area contributed by atoms with Crippen molar-refractivity contribution in [2.75, 3.05) is 33.8 Å². The Morgan fingerprint density at radius 3 is 2.72 bits per heavy atom. The molecule has 0 saturated carbocycles.